The average Bonchev–Trinajstić information content (AvgIpc) is 2.73. The fraction of sp³-hybridized carbons (Fsp3) is 0.227. The fourth-order valence-electron chi connectivity index (χ4n) is 2.57. The molecule has 0 aliphatic carbocycles. The van der Waals surface area contributed by atoms with E-state index in [9.17, 15) is 18.8 Å². The van der Waals surface area contributed by atoms with Crippen LogP contribution in [0, 0.1) is 5.82 Å². The van der Waals surface area contributed by atoms with Gasteiger partial charge in [0, 0.05) is 42.4 Å². The number of anilines is 1. The van der Waals surface area contributed by atoms with Crippen LogP contribution in [-0.2, 0) is 14.4 Å². The lowest BCUT2D eigenvalue weighted by Crippen LogP contribution is -2.40. The van der Waals surface area contributed by atoms with Crippen molar-refractivity contribution in [2.75, 3.05) is 24.6 Å². The van der Waals surface area contributed by atoms with E-state index in [0.717, 1.165) is 6.07 Å². The maximum Gasteiger partial charge on any atom is 0.262 e. The van der Waals surface area contributed by atoms with E-state index in [1.54, 1.807) is 24.3 Å². The van der Waals surface area contributed by atoms with Crippen LogP contribution in [0.15, 0.2) is 54.7 Å². The molecule has 0 aliphatic rings. The highest BCUT2D eigenvalue weighted by Crippen LogP contribution is 2.20. The Bertz CT molecular complexity index is 999. The van der Waals surface area contributed by atoms with Crippen molar-refractivity contribution in [1.82, 2.24) is 10.6 Å². The second-order valence-corrected chi connectivity index (χ2v) is 7.54. The molecule has 2 rings (SSSR count). The summed E-state index contributed by atoms with van der Waals surface area (Å²) in [5.41, 5.74) is 0.914. The molecule has 0 spiro atoms. The molecule has 0 fully saturated rings. The summed E-state index contributed by atoms with van der Waals surface area (Å²) in [7, 11) is 0. The third kappa shape index (κ3) is 8.20. The number of nitrogens with one attached hydrogen (secondary N) is 2. The van der Waals surface area contributed by atoms with Gasteiger partial charge in [-0.1, -0.05) is 29.8 Å². The number of rotatable bonds is 10. The van der Waals surface area contributed by atoms with Crippen LogP contribution in [0.4, 0.5) is 10.1 Å². The van der Waals surface area contributed by atoms with Gasteiger partial charge >= 0.3 is 0 Å². The van der Waals surface area contributed by atoms with Crippen LogP contribution in [0.3, 0.4) is 0 Å². The van der Waals surface area contributed by atoms with Crippen molar-refractivity contribution in [2.45, 2.75) is 13.3 Å². The largest absolute Gasteiger partial charge is 0.484 e. The smallest absolute Gasteiger partial charge is 0.262 e. The van der Waals surface area contributed by atoms with Gasteiger partial charge in [0.05, 0.1) is 5.02 Å². The van der Waals surface area contributed by atoms with E-state index in [4.69, 9.17) is 27.9 Å². The Morgan fingerprint density at radius 1 is 1.09 bits per heavy atom. The Balaban J connectivity index is 1.72. The Morgan fingerprint density at radius 2 is 1.78 bits per heavy atom. The summed E-state index contributed by atoms with van der Waals surface area (Å²) >= 11 is 11.4. The Hall–Kier alpha value is -3.10. The quantitative estimate of drug-likeness (QED) is 0.541. The van der Waals surface area contributed by atoms with E-state index in [-0.39, 0.29) is 48.7 Å². The van der Waals surface area contributed by atoms with Crippen molar-refractivity contribution in [1.29, 1.82) is 0 Å². The lowest BCUT2D eigenvalue weighted by Gasteiger charge is -2.20. The molecular formula is C22H22Cl2FN3O4. The van der Waals surface area contributed by atoms with E-state index in [2.05, 4.69) is 17.2 Å². The monoisotopic (exact) mass is 481 g/mol. The van der Waals surface area contributed by atoms with Crippen molar-refractivity contribution in [3.05, 3.63) is 70.6 Å². The second kappa shape index (κ2) is 12.1. The summed E-state index contributed by atoms with van der Waals surface area (Å²) in [5.74, 6) is -1.64. The minimum absolute atomic E-state index is 0.0446. The summed E-state index contributed by atoms with van der Waals surface area (Å²) < 4.78 is 18.6. The molecule has 10 heteroatoms. The van der Waals surface area contributed by atoms with Crippen LogP contribution in [-0.4, -0.2) is 37.4 Å². The number of carbonyl (C=O) groups excluding carboxylic acids is 3. The third-order valence-corrected chi connectivity index (χ3v) is 4.70. The molecule has 2 aromatic rings. The van der Waals surface area contributed by atoms with E-state index in [0.29, 0.717) is 16.4 Å². The molecule has 3 amide bonds. The maximum atomic E-state index is 13.4. The SMILES string of the molecule is C=C(CCNC(=O)CN(C(C)=O)c1ccc(Cl)cc1)NC(=O)COc1ccc(Cl)c(F)c1. The van der Waals surface area contributed by atoms with Gasteiger partial charge in [0.25, 0.3) is 5.91 Å². The van der Waals surface area contributed by atoms with Gasteiger partial charge in [-0.3, -0.25) is 14.4 Å². The third-order valence-electron chi connectivity index (χ3n) is 4.15. The van der Waals surface area contributed by atoms with Gasteiger partial charge in [-0.2, -0.15) is 0 Å². The van der Waals surface area contributed by atoms with E-state index in [1.165, 1.54) is 24.0 Å². The predicted molar refractivity (Wildman–Crippen MR) is 121 cm³/mol. The van der Waals surface area contributed by atoms with Crippen molar-refractivity contribution < 1.29 is 23.5 Å². The van der Waals surface area contributed by atoms with Crippen LogP contribution >= 0.6 is 23.2 Å². The van der Waals surface area contributed by atoms with Crippen molar-refractivity contribution >= 4 is 46.6 Å². The molecule has 0 unspecified atom stereocenters. The lowest BCUT2D eigenvalue weighted by atomic mass is 10.2. The zero-order valence-electron chi connectivity index (χ0n) is 17.3. The standard InChI is InChI=1S/C22H22Cl2FN3O4/c1-14(27-22(31)13-32-18-7-8-19(24)20(25)11-18)9-10-26-21(30)12-28(15(2)29)17-5-3-16(23)4-6-17/h3-8,11H,1,9-10,12-13H2,2H3,(H,26,30)(H,27,31). The molecule has 32 heavy (non-hydrogen) atoms. The summed E-state index contributed by atoms with van der Waals surface area (Å²) in [6, 6.07) is 10.4. The Kier molecular flexibility index (Phi) is 9.49. The minimum atomic E-state index is -0.649. The molecule has 0 aromatic heterocycles. The number of hydrogen-bond donors (Lipinski definition) is 2. The first-order valence-electron chi connectivity index (χ1n) is 9.51. The molecule has 7 nitrogen and oxygen atoms in total. The number of amides is 3. The predicted octanol–water partition coefficient (Wildman–Crippen LogP) is 3.70. The molecule has 170 valence electrons. The molecule has 0 heterocycles. The van der Waals surface area contributed by atoms with Gasteiger partial charge in [-0.05, 0) is 36.4 Å². The number of ether oxygens (including phenoxy) is 1. The number of hydrogen-bond acceptors (Lipinski definition) is 4. The van der Waals surface area contributed by atoms with E-state index in [1.807, 2.05) is 0 Å². The highest BCUT2D eigenvalue weighted by atomic mass is 35.5. The van der Waals surface area contributed by atoms with Gasteiger partial charge in [0.1, 0.15) is 18.1 Å². The van der Waals surface area contributed by atoms with Gasteiger partial charge in [0.15, 0.2) is 6.61 Å². The summed E-state index contributed by atoms with van der Waals surface area (Å²) in [4.78, 5) is 37.3. The molecule has 0 aliphatic heterocycles. The van der Waals surface area contributed by atoms with Crippen LogP contribution in [0.25, 0.3) is 0 Å². The highest BCUT2D eigenvalue weighted by molar-refractivity contribution is 6.31. The van der Waals surface area contributed by atoms with Gasteiger partial charge < -0.3 is 20.3 Å². The van der Waals surface area contributed by atoms with Crippen molar-refractivity contribution in [2.24, 2.45) is 0 Å². The van der Waals surface area contributed by atoms with Gasteiger partial charge in [-0.25, -0.2) is 4.39 Å². The van der Waals surface area contributed by atoms with Crippen LogP contribution in [0.1, 0.15) is 13.3 Å². The Morgan fingerprint density at radius 3 is 2.41 bits per heavy atom. The molecule has 0 radical (unpaired) electrons. The van der Waals surface area contributed by atoms with Crippen LogP contribution < -0.4 is 20.3 Å². The summed E-state index contributed by atoms with van der Waals surface area (Å²) in [6.07, 6.45) is 0.272. The molecule has 0 atom stereocenters. The van der Waals surface area contributed by atoms with Crippen molar-refractivity contribution in [3.63, 3.8) is 0 Å². The topological polar surface area (TPSA) is 87.7 Å². The molecule has 2 aromatic carbocycles. The zero-order valence-corrected chi connectivity index (χ0v) is 18.8. The molecule has 0 saturated heterocycles. The first-order valence-corrected chi connectivity index (χ1v) is 10.3. The number of nitrogens with zero attached hydrogens (tertiary/aromatic N) is 1. The normalized spacial score (nSPS) is 10.2. The first kappa shape index (κ1) is 25.2. The van der Waals surface area contributed by atoms with Gasteiger partial charge in [0.2, 0.25) is 11.8 Å². The fourth-order valence-corrected chi connectivity index (χ4v) is 2.81. The van der Waals surface area contributed by atoms with Crippen LogP contribution in [0.2, 0.25) is 10.0 Å². The Labute approximate surface area is 195 Å². The number of carbonyl (C=O) groups is 3. The van der Waals surface area contributed by atoms with Gasteiger partial charge in [-0.15, -0.1) is 0 Å². The zero-order chi connectivity index (χ0) is 23.7. The lowest BCUT2D eigenvalue weighted by molar-refractivity contribution is -0.123. The molecule has 2 N–H and O–H groups in total. The number of halogens is 3. The molecular weight excluding hydrogens is 460 g/mol. The maximum absolute atomic E-state index is 13.4. The van der Waals surface area contributed by atoms with Crippen LogP contribution in [0.5, 0.6) is 5.75 Å². The highest BCUT2D eigenvalue weighted by Gasteiger charge is 2.15. The van der Waals surface area contributed by atoms with Crippen molar-refractivity contribution in [3.8, 4) is 5.75 Å². The summed E-state index contributed by atoms with van der Waals surface area (Å²) in [6.45, 7) is 4.78. The van der Waals surface area contributed by atoms with E-state index >= 15 is 0 Å². The first-order chi connectivity index (χ1) is 15.2. The van der Waals surface area contributed by atoms with E-state index < -0.39 is 11.7 Å². The average molecular weight is 482 g/mol. The molecule has 0 saturated carbocycles. The number of benzene rings is 2. The second-order valence-electron chi connectivity index (χ2n) is 6.70. The molecule has 0 bridgehead atoms. The minimum Gasteiger partial charge on any atom is -0.484 e. The summed E-state index contributed by atoms with van der Waals surface area (Å²) in [5, 5.41) is 5.68.